The molecule has 2 fully saturated rings. The number of carbonyl (C=O) groups excluding carboxylic acids is 1. The number of pyridine rings is 1. The molecule has 1 amide bonds. The predicted octanol–water partition coefficient (Wildman–Crippen LogP) is 3.23. The minimum atomic E-state index is 0.104. The van der Waals surface area contributed by atoms with E-state index in [-0.39, 0.29) is 22.9 Å². The van der Waals surface area contributed by atoms with Crippen molar-refractivity contribution >= 4 is 39.1 Å². The van der Waals surface area contributed by atoms with Crippen molar-refractivity contribution < 1.29 is 4.79 Å². The van der Waals surface area contributed by atoms with Crippen LogP contribution in [0.1, 0.15) is 37.8 Å². The first-order chi connectivity index (χ1) is 19.3. The average Bonchev–Trinajstić information content (AvgIpc) is 3.40. The van der Waals surface area contributed by atoms with Gasteiger partial charge in [0.15, 0.2) is 5.17 Å². The van der Waals surface area contributed by atoms with Crippen LogP contribution in [0.3, 0.4) is 0 Å². The second-order valence-electron chi connectivity index (χ2n) is 10.4. The largest absolute Gasteiger partial charge is 0.382 e. The van der Waals surface area contributed by atoms with Gasteiger partial charge < -0.3 is 20.4 Å². The quantitative estimate of drug-likeness (QED) is 0.275. The van der Waals surface area contributed by atoms with E-state index in [9.17, 15) is 10.1 Å². The maximum absolute atomic E-state index is 12.9. The molecule has 4 N–H and O–H groups in total. The molecule has 3 aromatic heterocycles. The highest BCUT2D eigenvalue weighted by Gasteiger charge is 2.29. The number of amides is 1. The summed E-state index contributed by atoms with van der Waals surface area (Å²) in [5.41, 5.74) is 4.13. The van der Waals surface area contributed by atoms with Crippen molar-refractivity contribution in [3.8, 4) is 17.5 Å². The molecule has 5 rings (SSSR count). The highest BCUT2D eigenvalue weighted by Crippen LogP contribution is 2.29. The summed E-state index contributed by atoms with van der Waals surface area (Å²) in [6.45, 7) is 8.24. The Morgan fingerprint density at radius 3 is 2.55 bits per heavy atom. The number of hydrogen-bond donors (Lipinski definition) is 4. The van der Waals surface area contributed by atoms with E-state index in [1.807, 2.05) is 41.8 Å². The van der Waals surface area contributed by atoms with Crippen LogP contribution in [-0.4, -0.2) is 85.8 Å². The summed E-state index contributed by atoms with van der Waals surface area (Å²) in [4.78, 5) is 21.4. The van der Waals surface area contributed by atoms with Crippen LogP contribution in [0.5, 0.6) is 0 Å². The summed E-state index contributed by atoms with van der Waals surface area (Å²) in [5.74, 6) is 0.341. The van der Waals surface area contributed by atoms with Gasteiger partial charge in [-0.2, -0.15) is 10.4 Å². The number of fused-ring (bicyclic) bond motifs is 1. The molecule has 12 heteroatoms. The second kappa shape index (κ2) is 12.1. The zero-order valence-corrected chi connectivity index (χ0v) is 23.6. The van der Waals surface area contributed by atoms with Crippen LogP contribution in [0, 0.1) is 28.1 Å². The molecule has 3 aromatic rings. The molecule has 2 aliphatic heterocycles. The van der Waals surface area contributed by atoms with Crippen molar-refractivity contribution in [1.29, 1.82) is 16.1 Å². The van der Waals surface area contributed by atoms with Crippen molar-refractivity contribution in [3.05, 3.63) is 47.8 Å². The number of amidine groups is 1. The minimum absolute atomic E-state index is 0.104. The molecule has 0 atom stereocenters. The molecule has 0 saturated carbocycles. The molecule has 0 bridgehead atoms. The van der Waals surface area contributed by atoms with Crippen LogP contribution in [0.15, 0.2) is 36.7 Å². The third kappa shape index (κ3) is 5.95. The molecule has 5 heterocycles. The number of nitrogens with zero attached hydrogens (tertiary/aromatic N) is 6. The number of rotatable bonds is 5. The lowest BCUT2D eigenvalue weighted by molar-refractivity contribution is -0.137. The summed E-state index contributed by atoms with van der Waals surface area (Å²) >= 11 is 1.10. The molecule has 0 spiro atoms. The zero-order valence-electron chi connectivity index (χ0n) is 22.8. The van der Waals surface area contributed by atoms with Gasteiger partial charge in [-0.05, 0) is 75.8 Å². The molecular formula is C28H34N10OS. The van der Waals surface area contributed by atoms with Gasteiger partial charge in [0.1, 0.15) is 11.1 Å². The third-order valence-corrected chi connectivity index (χ3v) is 8.13. The number of anilines is 1. The number of nitriles is 1. The second-order valence-corrected chi connectivity index (χ2v) is 11.4. The lowest BCUT2D eigenvalue weighted by atomic mass is 9.96. The van der Waals surface area contributed by atoms with Gasteiger partial charge in [-0.1, -0.05) is 0 Å². The fourth-order valence-corrected chi connectivity index (χ4v) is 5.91. The van der Waals surface area contributed by atoms with Crippen molar-refractivity contribution in [2.75, 3.05) is 44.6 Å². The summed E-state index contributed by atoms with van der Waals surface area (Å²) in [6.07, 6.45) is 4.97. The van der Waals surface area contributed by atoms with Crippen LogP contribution in [-0.2, 0) is 4.79 Å². The molecule has 40 heavy (non-hydrogen) atoms. The number of piperidine rings is 1. The Morgan fingerprint density at radius 1 is 1.12 bits per heavy atom. The van der Waals surface area contributed by atoms with Gasteiger partial charge in [-0.3, -0.25) is 20.6 Å². The molecule has 11 nitrogen and oxygen atoms in total. The molecule has 2 saturated heterocycles. The Hall–Kier alpha value is -3.95. The summed E-state index contributed by atoms with van der Waals surface area (Å²) in [7, 11) is 0. The fourth-order valence-electron chi connectivity index (χ4n) is 5.13. The number of nitrogens with one attached hydrogen (secondary N) is 4. The standard InChI is InChI=1S/C28H34N10OS/c1-18(2)35-23-14-24(25-4-3-21-13-19(15-29)16-34-38(21)25)33-17-22(23)26(30)40-28(31)37-11-9-36(10-12-37)27(39)20-5-7-32-8-6-20/h3-4,13-14,16-18,20,30-32H,5-12H2,1-2H3,(H,33,35). The molecule has 0 unspecified atom stereocenters. The first-order valence-electron chi connectivity index (χ1n) is 13.6. The Morgan fingerprint density at radius 2 is 1.85 bits per heavy atom. The normalized spacial score (nSPS) is 16.2. The van der Waals surface area contributed by atoms with Crippen LogP contribution in [0.25, 0.3) is 16.9 Å². The molecule has 0 aromatic carbocycles. The summed E-state index contributed by atoms with van der Waals surface area (Å²) < 4.78 is 1.74. The van der Waals surface area contributed by atoms with E-state index in [1.165, 1.54) is 6.20 Å². The van der Waals surface area contributed by atoms with Crippen molar-refractivity contribution in [1.82, 2.24) is 29.7 Å². The number of hydrogen-bond acceptors (Lipinski definition) is 9. The van der Waals surface area contributed by atoms with Gasteiger partial charge in [0, 0.05) is 55.6 Å². The van der Waals surface area contributed by atoms with Gasteiger partial charge in [-0.15, -0.1) is 0 Å². The van der Waals surface area contributed by atoms with E-state index >= 15 is 0 Å². The lowest BCUT2D eigenvalue weighted by Crippen LogP contribution is -2.52. The Balaban J connectivity index is 1.27. The summed E-state index contributed by atoms with van der Waals surface area (Å²) in [5, 5.41) is 38.3. The monoisotopic (exact) mass is 558 g/mol. The van der Waals surface area contributed by atoms with Gasteiger partial charge in [0.2, 0.25) is 5.91 Å². The van der Waals surface area contributed by atoms with Gasteiger partial charge >= 0.3 is 0 Å². The average molecular weight is 559 g/mol. The van der Waals surface area contributed by atoms with E-state index < -0.39 is 0 Å². The fraction of sp³-hybridized carbons (Fsp3) is 0.429. The molecule has 0 radical (unpaired) electrons. The SMILES string of the molecule is CC(C)Nc1cc(-c2ccc3cc(C#N)cnn23)ncc1C(=N)SC(=N)N1CCN(C(=O)C2CCNCC2)CC1. The number of carbonyl (C=O) groups is 1. The third-order valence-electron chi connectivity index (χ3n) is 7.25. The maximum Gasteiger partial charge on any atom is 0.225 e. The minimum Gasteiger partial charge on any atom is -0.382 e. The lowest BCUT2D eigenvalue weighted by Gasteiger charge is -2.38. The van der Waals surface area contributed by atoms with Crippen molar-refractivity contribution in [3.63, 3.8) is 0 Å². The highest BCUT2D eigenvalue weighted by atomic mass is 32.2. The Labute approximate surface area is 238 Å². The predicted molar refractivity (Wildman–Crippen MR) is 158 cm³/mol. The molecule has 0 aliphatic carbocycles. The van der Waals surface area contributed by atoms with Crippen molar-refractivity contribution in [2.45, 2.75) is 32.7 Å². The van der Waals surface area contributed by atoms with Gasteiger partial charge in [0.25, 0.3) is 0 Å². The van der Waals surface area contributed by atoms with E-state index in [2.05, 4.69) is 26.8 Å². The van der Waals surface area contributed by atoms with Crippen LogP contribution < -0.4 is 10.6 Å². The molecular weight excluding hydrogens is 524 g/mol. The highest BCUT2D eigenvalue weighted by molar-refractivity contribution is 8.26. The van der Waals surface area contributed by atoms with Gasteiger partial charge in [0.05, 0.1) is 28.7 Å². The first kappa shape index (κ1) is 27.6. The van der Waals surface area contributed by atoms with E-state index in [4.69, 9.17) is 10.8 Å². The van der Waals surface area contributed by atoms with Crippen LogP contribution in [0.4, 0.5) is 5.69 Å². The first-order valence-corrected chi connectivity index (χ1v) is 14.4. The van der Waals surface area contributed by atoms with Crippen LogP contribution >= 0.6 is 11.8 Å². The van der Waals surface area contributed by atoms with E-state index in [0.717, 1.165) is 54.6 Å². The van der Waals surface area contributed by atoms with Crippen molar-refractivity contribution in [2.24, 2.45) is 5.92 Å². The maximum atomic E-state index is 12.9. The van der Waals surface area contributed by atoms with E-state index in [1.54, 1.807) is 16.8 Å². The summed E-state index contributed by atoms with van der Waals surface area (Å²) in [6, 6.07) is 9.72. The van der Waals surface area contributed by atoms with Crippen LogP contribution in [0.2, 0.25) is 0 Å². The zero-order chi connectivity index (χ0) is 28.2. The van der Waals surface area contributed by atoms with Gasteiger partial charge in [-0.25, -0.2) is 4.52 Å². The Kier molecular flexibility index (Phi) is 8.32. The number of piperazine rings is 1. The smallest absolute Gasteiger partial charge is 0.225 e. The topological polar surface area (TPSA) is 149 Å². The van der Waals surface area contributed by atoms with E-state index in [0.29, 0.717) is 48.2 Å². The number of thioether (sulfide) groups is 1. The number of aromatic nitrogens is 3. The Bertz CT molecular complexity index is 1460. The molecule has 2 aliphatic rings. The molecule has 208 valence electrons.